The van der Waals surface area contributed by atoms with Crippen LogP contribution in [0.3, 0.4) is 0 Å². The molecule has 20 heavy (non-hydrogen) atoms. The fraction of sp³-hybridized carbons (Fsp3) is 0.562. The second-order valence-corrected chi connectivity index (χ2v) is 6.36. The van der Waals surface area contributed by atoms with Crippen LogP contribution >= 0.6 is 15.9 Å². The predicted octanol–water partition coefficient (Wildman–Crippen LogP) is 4.33. The molecule has 110 valence electrons. The first-order valence-electron chi connectivity index (χ1n) is 7.08. The minimum Gasteiger partial charge on any atom is -0.465 e. The van der Waals surface area contributed by atoms with Crippen LogP contribution in [0.25, 0.3) is 0 Å². The Bertz CT molecular complexity index is 473. The highest BCUT2D eigenvalue weighted by Gasteiger charge is 2.19. The molecule has 1 aliphatic rings. The van der Waals surface area contributed by atoms with E-state index >= 15 is 0 Å². The molecule has 0 bridgehead atoms. The smallest absolute Gasteiger partial charge is 0.337 e. The highest BCUT2D eigenvalue weighted by atomic mass is 79.9. The summed E-state index contributed by atoms with van der Waals surface area (Å²) in [5.74, 6) is 0.443. The van der Waals surface area contributed by atoms with Gasteiger partial charge >= 0.3 is 5.97 Å². The quantitative estimate of drug-likeness (QED) is 0.765. The lowest BCUT2D eigenvalue weighted by Gasteiger charge is -2.27. The number of carbonyl (C=O) groups is 1. The standard InChI is InChI=1S/C16H21BrO3/c1-11-4-3-5-14(8-11)20-10-13-7-6-12(9-15(13)17)16(18)19-2/h6-7,9,11,14H,3-5,8,10H2,1-2H3. The van der Waals surface area contributed by atoms with Gasteiger partial charge in [-0.1, -0.05) is 41.8 Å². The molecule has 0 radical (unpaired) electrons. The van der Waals surface area contributed by atoms with Crippen LogP contribution in [0.1, 0.15) is 48.5 Å². The second kappa shape index (κ2) is 7.23. The number of methoxy groups -OCH3 is 1. The average Bonchev–Trinajstić information content (AvgIpc) is 2.45. The van der Waals surface area contributed by atoms with Gasteiger partial charge in [-0.05, 0) is 36.5 Å². The van der Waals surface area contributed by atoms with Gasteiger partial charge in [0.2, 0.25) is 0 Å². The van der Waals surface area contributed by atoms with Gasteiger partial charge in [-0.15, -0.1) is 0 Å². The molecule has 1 aliphatic carbocycles. The molecule has 0 heterocycles. The van der Waals surface area contributed by atoms with Gasteiger partial charge in [-0.3, -0.25) is 0 Å². The minimum atomic E-state index is -0.320. The van der Waals surface area contributed by atoms with Crippen molar-refractivity contribution < 1.29 is 14.3 Å². The van der Waals surface area contributed by atoms with Crippen LogP contribution in [0.5, 0.6) is 0 Å². The molecule has 1 fully saturated rings. The molecule has 1 aromatic carbocycles. The third-order valence-electron chi connectivity index (χ3n) is 3.84. The zero-order valence-electron chi connectivity index (χ0n) is 12.0. The van der Waals surface area contributed by atoms with E-state index in [2.05, 4.69) is 22.9 Å². The van der Waals surface area contributed by atoms with E-state index in [1.165, 1.54) is 20.0 Å². The molecule has 0 saturated heterocycles. The highest BCUT2D eigenvalue weighted by Crippen LogP contribution is 2.27. The molecule has 0 amide bonds. The summed E-state index contributed by atoms with van der Waals surface area (Å²) in [5.41, 5.74) is 1.62. The molecule has 0 aromatic heterocycles. The Hall–Kier alpha value is -0.870. The van der Waals surface area contributed by atoms with Gasteiger partial charge in [0.05, 0.1) is 25.4 Å². The number of carbonyl (C=O) groups excluding carboxylic acids is 1. The number of hydrogen-bond donors (Lipinski definition) is 0. The predicted molar refractivity (Wildman–Crippen MR) is 81.7 cm³/mol. The first-order chi connectivity index (χ1) is 9.60. The average molecular weight is 341 g/mol. The first kappa shape index (κ1) is 15.5. The van der Waals surface area contributed by atoms with Crippen molar-refractivity contribution in [3.63, 3.8) is 0 Å². The summed E-state index contributed by atoms with van der Waals surface area (Å²) in [6.45, 7) is 2.87. The van der Waals surface area contributed by atoms with Crippen molar-refractivity contribution in [2.75, 3.05) is 7.11 Å². The molecule has 2 atom stereocenters. The summed E-state index contributed by atoms with van der Waals surface area (Å²) in [6, 6.07) is 5.48. The normalized spacial score (nSPS) is 22.6. The monoisotopic (exact) mass is 340 g/mol. The Labute approximate surface area is 128 Å². The van der Waals surface area contributed by atoms with Gasteiger partial charge < -0.3 is 9.47 Å². The van der Waals surface area contributed by atoms with E-state index in [4.69, 9.17) is 9.47 Å². The molecule has 3 nitrogen and oxygen atoms in total. The number of halogens is 1. The van der Waals surface area contributed by atoms with Gasteiger partial charge in [-0.25, -0.2) is 4.79 Å². The molecule has 0 spiro atoms. The van der Waals surface area contributed by atoms with Gasteiger partial charge in [0.15, 0.2) is 0 Å². The van der Waals surface area contributed by atoms with Crippen molar-refractivity contribution in [1.82, 2.24) is 0 Å². The van der Waals surface area contributed by atoms with E-state index in [9.17, 15) is 4.79 Å². The molecular formula is C16H21BrO3. The van der Waals surface area contributed by atoms with Gasteiger partial charge in [0, 0.05) is 4.47 Å². The van der Waals surface area contributed by atoms with Crippen molar-refractivity contribution in [3.05, 3.63) is 33.8 Å². The zero-order valence-corrected chi connectivity index (χ0v) is 13.6. The largest absolute Gasteiger partial charge is 0.465 e. The van der Waals surface area contributed by atoms with Crippen LogP contribution in [0.4, 0.5) is 0 Å². The zero-order chi connectivity index (χ0) is 14.5. The van der Waals surface area contributed by atoms with Crippen molar-refractivity contribution in [3.8, 4) is 0 Å². The van der Waals surface area contributed by atoms with E-state index in [1.807, 2.05) is 6.07 Å². The van der Waals surface area contributed by atoms with E-state index in [0.29, 0.717) is 18.3 Å². The Morgan fingerprint density at radius 2 is 2.20 bits per heavy atom. The number of benzene rings is 1. The van der Waals surface area contributed by atoms with Gasteiger partial charge in [0.1, 0.15) is 0 Å². The first-order valence-corrected chi connectivity index (χ1v) is 7.87. The summed E-state index contributed by atoms with van der Waals surface area (Å²) in [7, 11) is 1.39. The number of esters is 1. The van der Waals surface area contributed by atoms with Crippen LogP contribution in [0.2, 0.25) is 0 Å². The summed E-state index contributed by atoms with van der Waals surface area (Å²) in [5, 5.41) is 0. The van der Waals surface area contributed by atoms with E-state index in [0.717, 1.165) is 28.8 Å². The van der Waals surface area contributed by atoms with Crippen molar-refractivity contribution >= 4 is 21.9 Å². The molecule has 2 rings (SSSR count). The van der Waals surface area contributed by atoms with Crippen molar-refractivity contribution in [2.45, 2.75) is 45.3 Å². The third-order valence-corrected chi connectivity index (χ3v) is 4.58. The summed E-state index contributed by atoms with van der Waals surface area (Å²) < 4.78 is 11.6. The Morgan fingerprint density at radius 3 is 2.85 bits per heavy atom. The number of hydrogen-bond acceptors (Lipinski definition) is 3. The summed E-state index contributed by atoms with van der Waals surface area (Å²) in [4.78, 5) is 11.4. The van der Waals surface area contributed by atoms with E-state index in [1.54, 1.807) is 12.1 Å². The van der Waals surface area contributed by atoms with Crippen molar-refractivity contribution in [1.29, 1.82) is 0 Å². The van der Waals surface area contributed by atoms with Gasteiger partial charge in [0.25, 0.3) is 0 Å². The fourth-order valence-electron chi connectivity index (χ4n) is 2.65. The van der Waals surface area contributed by atoms with Crippen LogP contribution in [0, 0.1) is 5.92 Å². The van der Waals surface area contributed by atoms with E-state index in [-0.39, 0.29) is 5.97 Å². The summed E-state index contributed by atoms with van der Waals surface area (Å²) >= 11 is 3.49. The SMILES string of the molecule is COC(=O)c1ccc(COC2CCCC(C)C2)c(Br)c1. The molecular weight excluding hydrogens is 320 g/mol. The van der Waals surface area contributed by atoms with Crippen LogP contribution in [0.15, 0.2) is 22.7 Å². The Kier molecular flexibility index (Phi) is 5.61. The Balaban J connectivity index is 1.94. The van der Waals surface area contributed by atoms with Crippen molar-refractivity contribution in [2.24, 2.45) is 5.92 Å². The molecule has 2 unspecified atom stereocenters. The lowest BCUT2D eigenvalue weighted by molar-refractivity contribution is 0.00441. The molecule has 0 aliphatic heterocycles. The second-order valence-electron chi connectivity index (χ2n) is 5.50. The maximum Gasteiger partial charge on any atom is 0.337 e. The van der Waals surface area contributed by atoms with Crippen LogP contribution < -0.4 is 0 Å². The number of ether oxygens (including phenoxy) is 2. The van der Waals surface area contributed by atoms with Gasteiger partial charge in [-0.2, -0.15) is 0 Å². The lowest BCUT2D eigenvalue weighted by atomic mass is 9.89. The number of rotatable bonds is 4. The molecule has 4 heteroatoms. The van der Waals surface area contributed by atoms with E-state index < -0.39 is 0 Å². The highest BCUT2D eigenvalue weighted by molar-refractivity contribution is 9.10. The molecule has 1 aromatic rings. The Morgan fingerprint density at radius 1 is 1.40 bits per heavy atom. The topological polar surface area (TPSA) is 35.5 Å². The lowest BCUT2D eigenvalue weighted by Crippen LogP contribution is -2.21. The maximum atomic E-state index is 11.4. The molecule has 0 N–H and O–H groups in total. The molecule has 1 saturated carbocycles. The third kappa shape index (κ3) is 4.06. The van der Waals surface area contributed by atoms with Crippen LogP contribution in [-0.2, 0) is 16.1 Å². The van der Waals surface area contributed by atoms with Crippen LogP contribution in [-0.4, -0.2) is 19.2 Å². The minimum absolute atomic E-state index is 0.320. The fourth-order valence-corrected chi connectivity index (χ4v) is 3.14. The maximum absolute atomic E-state index is 11.4. The summed E-state index contributed by atoms with van der Waals surface area (Å²) in [6.07, 6.45) is 5.25.